The molecule has 0 atom stereocenters. The van der Waals surface area contributed by atoms with Gasteiger partial charge in [0, 0.05) is 48.5 Å². The van der Waals surface area contributed by atoms with Crippen molar-refractivity contribution in [1.29, 1.82) is 0 Å². The van der Waals surface area contributed by atoms with Gasteiger partial charge in [0.1, 0.15) is 0 Å². The standard InChI is InChI=1S/C22H32N6.HI/c1-5-19-18(21(6-2)28(4)27-19)15-26-22(23-7-3)24-13-12-16-14-25-20-11-9-8-10-17(16)20;/h8-11,14,25H,5-7,12-13,15H2,1-4H3,(H2,23,24,26);1H. The average Bonchev–Trinajstić information content (AvgIpc) is 3.26. The monoisotopic (exact) mass is 508 g/mol. The van der Waals surface area contributed by atoms with Gasteiger partial charge in [-0.15, -0.1) is 24.0 Å². The van der Waals surface area contributed by atoms with Gasteiger partial charge in [0.05, 0.1) is 12.2 Å². The van der Waals surface area contributed by atoms with E-state index in [1.54, 1.807) is 0 Å². The van der Waals surface area contributed by atoms with Crippen LogP contribution in [0.2, 0.25) is 0 Å². The molecule has 1 aromatic carbocycles. The smallest absolute Gasteiger partial charge is 0.191 e. The summed E-state index contributed by atoms with van der Waals surface area (Å²) in [4.78, 5) is 8.17. The molecule has 0 radical (unpaired) electrons. The van der Waals surface area contributed by atoms with Crippen LogP contribution in [0.3, 0.4) is 0 Å². The van der Waals surface area contributed by atoms with E-state index >= 15 is 0 Å². The summed E-state index contributed by atoms with van der Waals surface area (Å²) in [5.41, 5.74) is 6.20. The molecule has 0 aliphatic carbocycles. The normalized spacial score (nSPS) is 11.5. The predicted molar refractivity (Wildman–Crippen MR) is 132 cm³/mol. The van der Waals surface area contributed by atoms with Crippen molar-refractivity contribution in [2.75, 3.05) is 13.1 Å². The van der Waals surface area contributed by atoms with E-state index in [0.717, 1.165) is 44.0 Å². The number of nitrogens with one attached hydrogen (secondary N) is 3. The van der Waals surface area contributed by atoms with Crippen molar-refractivity contribution in [2.45, 2.75) is 46.6 Å². The molecule has 0 fully saturated rings. The molecule has 29 heavy (non-hydrogen) atoms. The summed E-state index contributed by atoms with van der Waals surface area (Å²) in [6.07, 6.45) is 4.96. The second kappa shape index (κ2) is 11.2. The molecule has 3 rings (SSSR count). The lowest BCUT2D eigenvalue weighted by molar-refractivity contribution is 0.703. The minimum atomic E-state index is 0. The van der Waals surface area contributed by atoms with Gasteiger partial charge in [0.25, 0.3) is 0 Å². The topological polar surface area (TPSA) is 70.0 Å². The number of aromatic amines is 1. The maximum atomic E-state index is 4.83. The van der Waals surface area contributed by atoms with Crippen LogP contribution in [-0.4, -0.2) is 33.8 Å². The van der Waals surface area contributed by atoms with Crippen molar-refractivity contribution < 1.29 is 0 Å². The SMILES string of the molecule is CCNC(=NCc1c(CC)nn(C)c1CC)NCCc1c[nH]c2ccccc12.I. The van der Waals surface area contributed by atoms with E-state index in [4.69, 9.17) is 4.99 Å². The van der Waals surface area contributed by atoms with Crippen LogP contribution >= 0.6 is 24.0 Å². The third-order valence-electron chi connectivity index (χ3n) is 5.13. The Labute approximate surface area is 190 Å². The molecule has 0 unspecified atom stereocenters. The Kier molecular flexibility index (Phi) is 9.00. The number of halogens is 1. The number of aliphatic imine (C=N–C) groups is 1. The van der Waals surface area contributed by atoms with Crippen LogP contribution in [0.4, 0.5) is 0 Å². The second-order valence-electron chi connectivity index (χ2n) is 6.93. The van der Waals surface area contributed by atoms with Crippen molar-refractivity contribution in [3.8, 4) is 0 Å². The van der Waals surface area contributed by atoms with E-state index in [2.05, 4.69) is 71.9 Å². The van der Waals surface area contributed by atoms with E-state index in [1.165, 1.54) is 27.7 Å². The van der Waals surface area contributed by atoms with Gasteiger partial charge < -0.3 is 15.6 Å². The van der Waals surface area contributed by atoms with Gasteiger partial charge >= 0.3 is 0 Å². The molecule has 3 aromatic rings. The van der Waals surface area contributed by atoms with Crippen LogP contribution in [0.5, 0.6) is 0 Å². The van der Waals surface area contributed by atoms with Crippen LogP contribution in [0, 0.1) is 0 Å². The number of H-pyrrole nitrogens is 1. The first kappa shape index (κ1) is 23.3. The number of hydrogen-bond acceptors (Lipinski definition) is 2. The number of para-hydroxylation sites is 1. The van der Waals surface area contributed by atoms with Crippen molar-refractivity contribution >= 4 is 40.8 Å². The Morgan fingerprint density at radius 1 is 1.14 bits per heavy atom. The highest BCUT2D eigenvalue weighted by molar-refractivity contribution is 14.0. The van der Waals surface area contributed by atoms with E-state index in [9.17, 15) is 0 Å². The molecule has 0 saturated heterocycles. The molecule has 158 valence electrons. The largest absolute Gasteiger partial charge is 0.361 e. The molecule has 0 spiro atoms. The predicted octanol–water partition coefficient (Wildman–Crippen LogP) is 3.94. The van der Waals surface area contributed by atoms with Gasteiger partial charge in [-0.2, -0.15) is 5.10 Å². The lowest BCUT2D eigenvalue weighted by Gasteiger charge is -2.11. The van der Waals surface area contributed by atoms with Crippen LogP contribution in [0.15, 0.2) is 35.5 Å². The summed E-state index contributed by atoms with van der Waals surface area (Å²) in [5.74, 6) is 0.857. The van der Waals surface area contributed by atoms with Crippen molar-refractivity contribution in [3.63, 3.8) is 0 Å². The number of aryl methyl sites for hydroxylation is 2. The van der Waals surface area contributed by atoms with Crippen LogP contribution in [0.25, 0.3) is 10.9 Å². The minimum absolute atomic E-state index is 0. The van der Waals surface area contributed by atoms with Crippen LogP contribution < -0.4 is 10.6 Å². The lowest BCUT2D eigenvalue weighted by Crippen LogP contribution is -2.38. The molecule has 0 aliphatic heterocycles. The highest BCUT2D eigenvalue weighted by Crippen LogP contribution is 2.18. The summed E-state index contributed by atoms with van der Waals surface area (Å²) in [6.45, 7) is 8.75. The molecule has 7 heteroatoms. The first-order valence-corrected chi connectivity index (χ1v) is 10.3. The number of guanidine groups is 1. The van der Waals surface area contributed by atoms with Gasteiger partial charge in [0.15, 0.2) is 5.96 Å². The van der Waals surface area contributed by atoms with Crippen molar-refractivity contribution in [1.82, 2.24) is 25.4 Å². The van der Waals surface area contributed by atoms with Crippen molar-refractivity contribution in [2.24, 2.45) is 12.0 Å². The molecule has 2 heterocycles. The zero-order valence-electron chi connectivity index (χ0n) is 17.9. The zero-order chi connectivity index (χ0) is 19.9. The average molecular weight is 508 g/mol. The number of benzene rings is 1. The van der Waals surface area contributed by atoms with Crippen LogP contribution in [-0.2, 0) is 32.9 Å². The molecule has 2 aromatic heterocycles. The fourth-order valence-corrected chi connectivity index (χ4v) is 3.73. The van der Waals surface area contributed by atoms with Gasteiger partial charge in [-0.25, -0.2) is 4.99 Å². The number of aromatic nitrogens is 3. The van der Waals surface area contributed by atoms with E-state index in [-0.39, 0.29) is 24.0 Å². The fourth-order valence-electron chi connectivity index (χ4n) is 3.73. The number of hydrogen-bond donors (Lipinski definition) is 3. The molecule has 0 amide bonds. The molecule has 0 bridgehead atoms. The Morgan fingerprint density at radius 3 is 2.66 bits per heavy atom. The molecule has 0 saturated carbocycles. The van der Waals surface area contributed by atoms with Gasteiger partial charge in [-0.05, 0) is 37.8 Å². The van der Waals surface area contributed by atoms with Gasteiger partial charge in [-0.1, -0.05) is 32.0 Å². The van der Waals surface area contributed by atoms with E-state index in [0.29, 0.717) is 6.54 Å². The summed E-state index contributed by atoms with van der Waals surface area (Å²) in [6, 6.07) is 8.43. The highest BCUT2D eigenvalue weighted by Gasteiger charge is 2.13. The van der Waals surface area contributed by atoms with Crippen LogP contribution in [0.1, 0.15) is 43.3 Å². The zero-order valence-corrected chi connectivity index (χ0v) is 20.2. The van der Waals surface area contributed by atoms with Gasteiger partial charge in [0.2, 0.25) is 0 Å². The summed E-state index contributed by atoms with van der Waals surface area (Å²) < 4.78 is 2.00. The Balaban J connectivity index is 0.00000300. The third-order valence-corrected chi connectivity index (χ3v) is 5.13. The number of rotatable bonds is 8. The molecule has 6 nitrogen and oxygen atoms in total. The summed E-state index contributed by atoms with van der Waals surface area (Å²) in [7, 11) is 2.02. The Hall–Kier alpha value is -2.03. The van der Waals surface area contributed by atoms with Crippen molar-refractivity contribution in [3.05, 3.63) is 53.0 Å². The number of fused-ring (bicyclic) bond motifs is 1. The summed E-state index contributed by atoms with van der Waals surface area (Å²) >= 11 is 0. The summed E-state index contributed by atoms with van der Waals surface area (Å²) in [5, 5.41) is 12.8. The van der Waals surface area contributed by atoms with E-state index < -0.39 is 0 Å². The molecular formula is C22H33IN6. The number of nitrogens with zero attached hydrogens (tertiary/aromatic N) is 3. The lowest BCUT2D eigenvalue weighted by atomic mass is 10.1. The highest BCUT2D eigenvalue weighted by atomic mass is 127. The van der Waals surface area contributed by atoms with E-state index in [1.807, 2.05) is 11.7 Å². The Morgan fingerprint density at radius 2 is 1.93 bits per heavy atom. The maximum absolute atomic E-state index is 4.83. The molecule has 3 N–H and O–H groups in total. The van der Waals surface area contributed by atoms with Gasteiger partial charge in [-0.3, -0.25) is 4.68 Å². The second-order valence-corrected chi connectivity index (χ2v) is 6.93. The minimum Gasteiger partial charge on any atom is -0.361 e. The first-order chi connectivity index (χ1) is 13.7. The maximum Gasteiger partial charge on any atom is 0.191 e. The Bertz CT molecular complexity index is 940. The third kappa shape index (κ3) is 5.52. The molecule has 0 aliphatic rings. The fraction of sp³-hybridized carbons (Fsp3) is 0.455. The first-order valence-electron chi connectivity index (χ1n) is 10.3. The quantitative estimate of drug-likeness (QED) is 0.245. The molecular weight excluding hydrogens is 475 g/mol.